The fourth-order valence-corrected chi connectivity index (χ4v) is 2.53. The number of nitrogens with two attached hydrogens (primary N) is 1. The van der Waals surface area contributed by atoms with Crippen LogP contribution in [0.3, 0.4) is 0 Å². The summed E-state index contributed by atoms with van der Waals surface area (Å²) in [6.45, 7) is 0. The van der Waals surface area contributed by atoms with E-state index in [1.54, 1.807) is 0 Å². The van der Waals surface area contributed by atoms with E-state index in [9.17, 15) is 0 Å². The molecule has 90 valence electrons. The Kier molecular flexibility index (Phi) is 2.73. The van der Waals surface area contributed by atoms with Gasteiger partial charge in [0.25, 0.3) is 0 Å². The van der Waals surface area contributed by atoms with Crippen molar-refractivity contribution in [1.82, 2.24) is 10.2 Å². The molecule has 1 heterocycles. The Hall–Kier alpha value is -1.55. The molecule has 1 aromatic carbocycles. The first-order valence-corrected chi connectivity index (χ1v) is 6.26. The lowest BCUT2D eigenvalue weighted by molar-refractivity contribution is 0.411. The van der Waals surface area contributed by atoms with Crippen LogP contribution in [0.25, 0.3) is 10.9 Å². The number of fused-ring (bicyclic) bond motifs is 1. The molecule has 1 fully saturated rings. The number of nitrogens with one attached hydrogen (secondary N) is 2. The minimum atomic E-state index is 0.407. The van der Waals surface area contributed by atoms with Gasteiger partial charge in [0.05, 0.1) is 11.7 Å². The van der Waals surface area contributed by atoms with E-state index in [1.165, 1.54) is 18.5 Å². The van der Waals surface area contributed by atoms with Gasteiger partial charge in [-0.3, -0.25) is 5.10 Å². The fourth-order valence-electron chi connectivity index (χ4n) is 2.53. The number of hydrogen-bond donors (Lipinski definition) is 3. The highest BCUT2D eigenvalue weighted by atomic mass is 15.1. The van der Waals surface area contributed by atoms with Gasteiger partial charge >= 0.3 is 0 Å². The molecule has 0 atom stereocenters. The number of nitrogens with zero attached hydrogens (tertiary/aromatic N) is 1. The van der Waals surface area contributed by atoms with Crippen LogP contribution in [0, 0.1) is 0 Å². The van der Waals surface area contributed by atoms with Gasteiger partial charge in [0.1, 0.15) is 0 Å². The Morgan fingerprint density at radius 2 is 2.06 bits per heavy atom. The first-order valence-electron chi connectivity index (χ1n) is 6.26. The molecule has 0 bridgehead atoms. The summed E-state index contributed by atoms with van der Waals surface area (Å²) in [6.07, 6.45) is 6.46. The minimum Gasteiger partial charge on any atom is -0.382 e. The monoisotopic (exact) mass is 230 g/mol. The van der Waals surface area contributed by atoms with Crippen LogP contribution in [0.15, 0.2) is 24.4 Å². The maximum Gasteiger partial charge on any atom is 0.0651 e. The summed E-state index contributed by atoms with van der Waals surface area (Å²) in [5.41, 5.74) is 8.18. The van der Waals surface area contributed by atoms with E-state index >= 15 is 0 Å². The third kappa shape index (κ3) is 2.26. The van der Waals surface area contributed by atoms with Crippen LogP contribution >= 0.6 is 0 Å². The number of aromatic amines is 1. The van der Waals surface area contributed by atoms with Gasteiger partial charge in [-0.15, -0.1) is 0 Å². The summed E-state index contributed by atoms with van der Waals surface area (Å²) in [4.78, 5) is 0. The quantitative estimate of drug-likeness (QED) is 0.741. The first-order chi connectivity index (χ1) is 8.31. The summed E-state index contributed by atoms with van der Waals surface area (Å²) in [5, 5.41) is 11.7. The molecule has 0 radical (unpaired) electrons. The van der Waals surface area contributed by atoms with Crippen molar-refractivity contribution in [1.29, 1.82) is 0 Å². The average Bonchev–Trinajstić information content (AvgIpc) is 2.79. The van der Waals surface area contributed by atoms with Crippen LogP contribution < -0.4 is 11.1 Å². The van der Waals surface area contributed by atoms with E-state index in [4.69, 9.17) is 5.73 Å². The highest BCUT2D eigenvalue weighted by Crippen LogP contribution is 2.23. The number of aromatic nitrogens is 2. The molecule has 2 aromatic rings. The molecule has 1 aliphatic rings. The molecule has 1 aromatic heterocycles. The van der Waals surface area contributed by atoms with Crippen LogP contribution in [0.5, 0.6) is 0 Å². The Balaban J connectivity index is 1.71. The topological polar surface area (TPSA) is 66.7 Å². The van der Waals surface area contributed by atoms with Gasteiger partial charge < -0.3 is 11.1 Å². The lowest BCUT2D eigenvalue weighted by Crippen LogP contribution is -2.32. The van der Waals surface area contributed by atoms with Crippen LogP contribution in [0.4, 0.5) is 5.69 Å². The molecule has 4 N–H and O–H groups in total. The smallest absolute Gasteiger partial charge is 0.0651 e. The summed E-state index contributed by atoms with van der Waals surface area (Å²) in [6, 6.07) is 7.30. The predicted octanol–water partition coefficient (Wildman–Crippen LogP) is 2.24. The zero-order valence-corrected chi connectivity index (χ0v) is 9.82. The Morgan fingerprint density at radius 3 is 2.88 bits per heavy atom. The minimum absolute atomic E-state index is 0.407. The number of benzene rings is 1. The highest BCUT2D eigenvalue weighted by Gasteiger charge is 2.18. The number of anilines is 1. The van der Waals surface area contributed by atoms with Crippen LogP contribution in [-0.2, 0) is 0 Å². The number of hydrogen-bond acceptors (Lipinski definition) is 3. The van der Waals surface area contributed by atoms with Gasteiger partial charge in [0.15, 0.2) is 0 Å². The molecule has 0 amide bonds. The van der Waals surface area contributed by atoms with Crippen LogP contribution in [0.1, 0.15) is 25.7 Å². The van der Waals surface area contributed by atoms with Gasteiger partial charge in [0.2, 0.25) is 0 Å². The first kappa shape index (κ1) is 10.6. The maximum absolute atomic E-state index is 5.91. The summed E-state index contributed by atoms with van der Waals surface area (Å²) >= 11 is 0. The molecule has 0 aliphatic heterocycles. The molecule has 0 unspecified atom stereocenters. The second kappa shape index (κ2) is 4.37. The van der Waals surface area contributed by atoms with Gasteiger partial charge in [-0.05, 0) is 43.9 Å². The Bertz CT molecular complexity index is 497. The van der Waals surface area contributed by atoms with Crippen LogP contribution in [0.2, 0.25) is 0 Å². The van der Waals surface area contributed by atoms with Crippen molar-refractivity contribution < 1.29 is 0 Å². The number of H-pyrrole nitrogens is 1. The summed E-state index contributed by atoms with van der Waals surface area (Å²) < 4.78 is 0. The van der Waals surface area contributed by atoms with Crippen molar-refractivity contribution in [3.63, 3.8) is 0 Å². The van der Waals surface area contributed by atoms with Crippen molar-refractivity contribution in [2.75, 3.05) is 5.32 Å². The molecule has 4 heteroatoms. The second-order valence-corrected chi connectivity index (χ2v) is 4.93. The largest absolute Gasteiger partial charge is 0.382 e. The molecular formula is C13H18N4. The Labute approximate surface area is 101 Å². The summed E-state index contributed by atoms with van der Waals surface area (Å²) in [7, 11) is 0. The van der Waals surface area contributed by atoms with Gasteiger partial charge in [0, 0.05) is 23.2 Å². The third-order valence-corrected chi connectivity index (χ3v) is 3.58. The number of rotatable bonds is 2. The lowest BCUT2D eigenvalue weighted by Gasteiger charge is -2.27. The second-order valence-electron chi connectivity index (χ2n) is 4.93. The van der Waals surface area contributed by atoms with Gasteiger partial charge in [-0.25, -0.2) is 0 Å². The van der Waals surface area contributed by atoms with E-state index in [-0.39, 0.29) is 0 Å². The maximum atomic E-state index is 5.91. The molecular weight excluding hydrogens is 212 g/mol. The van der Waals surface area contributed by atoms with E-state index in [0.29, 0.717) is 12.1 Å². The SMILES string of the molecule is N[C@H]1CC[C@H](Nc2ccc3[nH]ncc3c2)CC1. The van der Waals surface area contributed by atoms with E-state index in [0.717, 1.165) is 23.7 Å². The zero-order valence-electron chi connectivity index (χ0n) is 9.82. The van der Waals surface area contributed by atoms with Crippen LogP contribution in [-0.4, -0.2) is 22.3 Å². The average molecular weight is 230 g/mol. The van der Waals surface area contributed by atoms with Crippen molar-refractivity contribution in [3.05, 3.63) is 24.4 Å². The van der Waals surface area contributed by atoms with Crippen molar-refractivity contribution in [3.8, 4) is 0 Å². The van der Waals surface area contributed by atoms with Gasteiger partial charge in [-0.2, -0.15) is 5.10 Å². The van der Waals surface area contributed by atoms with Crippen molar-refractivity contribution in [2.45, 2.75) is 37.8 Å². The zero-order chi connectivity index (χ0) is 11.7. The normalized spacial score (nSPS) is 25.0. The Morgan fingerprint density at radius 1 is 1.24 bits per heavy atom. The highest BCUT2D eigenvalue weighted by molar-refractivity contribution is 5.81. The van der Waals surface area contributed by atoms with E-state index in [1.807, 2.05) is 6.20 Å². The predicted molar refractivity (Wildman–Crippen MR) is 69.9 cm³/mol. The molecule has 1 saturated carbocycles. The molecule has 4 nitrogen and oxygen atoms in total. The van der Waals surface area contributed by atoms with Crippen molar-refractivity contribution >= 4 is 16.6 Å². The fraction of sp³-hybridized carbons (Fsp3) is 0.462. The molecule has 1 aliphatic carbocycles. The summed E-state index contributed by atoms with van der Waals surface area (Å²) in [5.74, 6) is 0. The molecule has 0 saturated heterocycles. The molecule has 3 rings (SSSR count). The molecule has 0 spiro atoms. The standard InChI is InChI=1S/C13H18N4/c14-10-1-3-11(4-2-10)16-12-5-6-13-9(7-12)8-15-17-13/h5-8,10-11,16H,1-4,14H2,(H,15,17)/t10-,11-. The van der Waals surface area contributed by atoms with E-state index < -0.39 is 0 Å². The van der Waals surface area contributed by atoms with Gasteiger partial charge in [-0.1, -0.05) is 0 Å². The van der Waals surface area contributed by atoms with E-state index in [2.05, 4.69) is 33.7 Å². The van der Waals surface area contributed by atoms with Crippen molar-refractivity contribution in [2.24, 2.45) is 5.73 Å². The lowest BCUT2D eigenvalue weighted by atomic mass is 9.91. The molecule has 17 heavy (non-hydrogen) atoms. The third-order valence-electron chi connectivity index (χ3n) is 3.58.